The molecule has 1 atom stereocenters. The summed E-state index contributed by atoms with van der Waals surface area (Å²) in [5, 5.41) is 3.03. The molecule has 60 valence electrons. The summed E-state index contributed by atoms with van der Waals surface area (Å²) in [5.74, 6) is -0.241. The van der Waals surface area contributed by atoms with Gasteiger partial charge in [0.1, 0.15) is 6.61 Å². The van der Waals surface area contributed by atoms with Crippen LogP contribution in [-0.4, -0.2) is 18.6 Å². The van der Waals surface area contributed by atoms with E-state index < -0.39 is 0 Å². The maximum absolute atomic E-state index is 10.4. The summed E-state index contributed by atoms with van der Waals surface area (Å²) < 4.78 is 4.79. The van der Waals surface area contributed by atoms with Crippen molar-refractivity contribution in [3.05, 3.63) is 24.4 Å². The highest BCUT2D eigenvalue weighted by atomic mass is 16.5. The van der Waals surface area contributed by atoms with Crippen molar-refractivity contribution >= 4 is 5.97 Å². The molecular weight excluding hydrogens is 142 g/mol. The van der Waals surface area contributed by atoms with Crippen LogP contribution >= 0.6 is 0 Å². The van der Waals surface area contributed by atoms with E-state index in [0.717, 1.165) is 0 Å². The largest absolute Gasteiger partial charge is 0.463 e. The van der Waals surface area contributed by atoms with Crippen LogP contribution in [0.5, 0.6) is 0 Å². The molecule has 0 amide bonds. The van der Waals surface area contributed by atoms with Crippen molar-refractivity contribution in [3.63, 3.8) is 0 Å². The van der Waals surface area contributed by atoms with Gasteiger partial charge in [0.05, 0.1) is 6.04 Å². The number of nitrogens with one attached hydrogen (secondary N) is 1. The van der Waals surface area contributed by atoms with E-state index in [1.54, 1.807) is 0 Å². The first-order chi connectivity index (χ1) is 5.29. The molecule has 1 unspecified atom stereocenters. The molecule has 0 spiro atoms. The van der Waals surface area contributed by atoms with Crippen LogP contribution in [0.25, 0.3) is 0 Å². The molecule has 11 heavy (non-hydrogen) atoms. The molecule has 1 rings (SSSR count). The third kappa shape index (κ3) is 2.89. The Morgan fingerprint density at radius 2 is 2.45 bits per heavy atom. The van der Waals surface area contributed by atoms with Crippen molar-refractivity contribution in [2.75, 3.05) is 6.61 Å². The molecule has 1 aliphatic rings. The van der Waals surface area contributed by atoms with E-state index in [-0.39, 0.29) is 12.0 Å². The van der Waals surface area contributed by atoms with Crippen LogP contribution in [0.2, 0.25) is 0 Å². The average molecular weight is 153 g/mol. The second kappa shape index (κ2) is 3.81. The zero-order valence-electron chi connectivity index (χ0n) is 6.41. The number of rotatable bonds is 2. The lowest BCUT2D eigenvalue weighted by Gasteiger charge is -2.14. The zero-order valence-corrected chi connectivity index (χ0v) is 6.41. The molecule has 0 bridgehead atoms. The SMILES string of the molecule is CC(=O)OCC1C=CC=CN1. The summed E-state index contributed by atoms with van der Waals surface area (Å²) in [6.45, 7) is 1.80. The Bertz CT molecular complexity index is 196. The van der Waals surface area contributed by atoms with Crippen LogP contribution in [0.4, 0.5) is 0 Å². The van der Waals surface area contributed by atoms with Gasteiger partial charge in [-0.25, -0.2) is 0 Å². The minimum Gasteiger partial charge on any atom is -0.463 e. The normalized spacial score (nSPS) is 21.0. The highest BCUT2D eigenvalue weighted by molar-refractivity contribution is 5.65. The number of carbonyl (C=O) groups is 1. The van der Waals surface area contributed by atoms with Gasteiger partial charge in [-0.05, 0) is 12.3 Å². The van der Waals surface area contributed by atoms with E-state index in [4.69, 9.17) is 4.74 Å². The maximum atomic E-state index is 10.4. The quantitative estimate of drug-likeness (QED) is 0.590. The van der Waals surface area contributed by atoms with E-state index in [1.807, 2.05) is 24.4 Å². The molecule has 0 radical (unpaired) electrons. The van der Waals surface area contributed by atoms with Gasteiger partial charge in [-0.3, -0.25) is 4.79 Å². The Morgan fingerprint density at radius 1 is 1.64 bits per heavy atom. The van der Waals surface area contributed by atoms with Crippen LogP contribution in [0.1, 0.15) is 6.92 Å². The smallest absolute Gasteiger partial charge is 0.302 e. The predicted molar refractivity (Wildman–Crippen MR) is 41.8 cm³/mol. The molecule has 1 aliphatic heterocycles. The van der Waals surface area contributed by atoms with E-state index in [2.05, 4.69) is 5.32 Å². The number of hydrogen-bond acceptors (Lipinski definition) is 3. The van der Waals surface area contributed by atoms with Gasteiger partial charge in [0.15, 0.2) is 0 Å². The molecule has 0 saturated carbocycles. The van der Waals surface area contributed by atoms with Crippen molar-refractivity contribution in [2.45, 2.75) is 13.0 Å². The molecule has 1 heterocycles. The molecule has 3 heteroatoms. The van der Waals surface area contributed by atoms with Gasteiger partial charge in [-0.2, -0.15) is 0 Å². The monoisotopic (exact) mass is 153 g/mol. The number of esters is 1. The Kier molecular flexibility index (Phi) is 2.72. The fourth-order valence-corrected chi connectivity index (χ4v) is 0.799. The van der Waals surface area contributed by atoms with Gasteiger partial charge in [-0.1, -0.05) is 12.2 Å². The first kappa shape index (κ1) is 7.85. The Labute approximate surface area is 65.7 Å². The molecule has 0 aliphatic carbocycles. The van der Waals surface area contributed by atoms with Crippen molar-refractivity contribution in [1.82, 2.24) is 5.32 Å². The predicted octanol–water partition coefficient (Wildman–Crippen LogP) is 0.591. The van der Waals surface area contributed by atoms with Crippen molar-refractivity contribution < 1.29 is 9.53 Å². The van der Waals surface area contributed by atoms with Gasteiger partial charge in [-0.15, -0.1) is 0 Å². The summed E-state index contributed by atoms with van der Waals surface area (Å²) in [5.41, 5.74) is 0. The Balaban J connectivity index is 2.22. The summed E-state index contributed by atoms with van der Waals surface area (Å²) in [4.78, 5) is 10.4. The number of ether oxygens (including phenoxy) is 1. The average Bonchev–Trinajstić information content (AvgIpc) is 2.03. The topological polar surface area (TPSA) is 38.3 Å². The molecule has 0 saturated heterocycles. The van der Waals surface area contributed by atoms with E-state index in [0.29, 0.717) is 6.61 Å². The highest BCUT2D eigenvalue weighted by Crippen LogP contribution is 1.94. The zero-order chi connectivity index (χ0) is 8.10. The van der Waals surface area contributed by atoms with Crippen molar-refractivity contribution in [3.8, 4) is 0 Å². The van der Waals surface area contributed by atoms with E-state index in [1.165, 1.54) is 6.92 Å². The fourth-order valence-electron chi connectivity index (χ4n) is 0.799. The van der Waals surface area contributed by atoms with Gasteiger partial charge < -0.3 is 10.1 Å². The third-order valence-corrected chi connectivity index (χ3v) is 1.33. The lowest BCUT2D eigenvalue weighted by molar-refractivity contribution is -0.141. The number of allylic oxidation sites excluding steroid dienone is 2. The second-order valence-corrected chi connectivity index (χ2v) is 2.32. The Hall–Kier alpha value is -1.25. The first-order valence-corrected chi connectivity index (χ1v) is 3.52. The number of dihydropyridines is 1. The van der Waals surface area contributed by atoms with Crippen molar-refractivity contribution in [1.29, 1.82) is 0 Å². The van der Waals surface area contributed by atoms with E-state index in [9.17, 15) is 4.79 Å². The van der Waals surface area contributed by atoms with Crippen LogP contribution in [-0.2, 0) is 9.53 Å². The minimum atomic E-state index is -0.241. The van der Waals surface area contributed by atoms with Gasteiger partial charge in [0, 0.05) is 6.92 Å². The maximum Gasteiger partial charge on any atom is 0.302 e. The highest BCUT2D eigenvalue weighted by Gasteiger charge is 2.04. The number of carbonyl (C=O) groups excluding carboxylic acids is 1. The summed E-state index contributed by atoms with van der Waals surface area (Å²) >= 11 is 0. The molecule has 0 aromatic rings. The lowest BCUT2D eigenvalue weighted by atomic mass is 10.2. The summed E-state index contributed by atoms with van der Waals surface area (Å²) in [7, 11) is 0. The minimum absolute atomic E-state index is 0.129. The van der Waals surface area contributed by atoms with Crippen LogP contribution in [0.15, 0.2) is 24.4 Å². The summed E-state index contributed by atoms with van der Waals surface area (Å²) in [6.07, 6.45) is 7.59. The van der Waals surface area contributed by atoms with Gasteiger partial charge in [0.25, 0.3) is 0 Å². The fraction of sp³-hybridized carbons (Fsp3) is 0.375. The van der Waals surface area contributed by atoms with Crippen LogP contribution < -0.4 is 5.32 Å². The van der Waals surface area contributed by atoms with E-state index >= 15 is 0 Å². The molecular formula is C8H11NO2. The summed E-state index contributed by atoms with van der Waals surface area (Å²) in [6, 6.07) is 0.129. The molecule has 0 fully saturated rings. The van der Waals surface area contributed by atoms with Crippen molar-refractivity contribution in [2.24, 2.45) is 0 Å². The van der Waals surface area contributed by atoms with Crippen LogP contribution in [0, 0.1) is 0 Å². The molecule has 0 aromatic carbocycles. The standard InChI is InChI=1S/C8H11NO2/c1-7(10)11-6-8-4-2-3-5-9-8/h2-5,8-9H,6H2,1H3. The molecule has 3 nitrogen and oxygen atoms in total. The second-order valence-electron chi connectivity index (χ2n) is 2.32. The van der Waals surface area contributed by atoms with Crippen LogP contribution in [0.3, 0.4) is 0 Å². The number of hydrogen-bond donors (Lipinski definition) is 1. The molecule has 1 N–H and O–H groups in total. The lowest BCUT2D eigenvalue weighted by Crippen LogP contribution is -2.29. The van der Waals surface area contributed by atoms with Gasteiger partial charge in [0.2, 0.25) is 0 Å². The van der Waals surface area contributed by atoms with Gasteiger partial charge >= 0.3 is 5.97 Å². The Morgan fingerprint density at radius 3 is 3.00 bits per heavy atom. The molecule has 0 aromatic heterocycles. The third-order valence-electron chi connectivity index (χ3n) is 1.33. The first-order valence-electron chi connectivity index (χ1n) is 3.52.